The van der Waals surface area contributed by atoms with Crippen molar-refractivity contribution in [3.05, 3.63) is 77.7 Å². The van der Waals surface area contributed by atoms with Crippen LogP contribution < -0.4 is 15.8 Å². The van der Waals surface area contributed by atoms with Gasteiger partial charge in [-0.3, -0.25) is 4.98 Å². The summed E-state index contributed by atoms with van der Waals surface area (Å²) in [6.07, 6.45) is 0.540. The van der Waals surface area contributed by atoms with E-state index < -0.39 is 21.8 Å². The Bertz CT molecular complexity index is 1590. The molecule has 0 saturated carbocycles. The Morgan fingerprint density at radius 3 is 2.58 bits per heavy atom. The van der Waals surface area contributed by atoms with Gasteiger partial charge in [-0.2, -0.15) is 13.2 Å². The highest BCUT2D eigenvalue weighted by Crippen LogP contribution is 2.34. The molecule has 0 fully saturated rings. The fourth-order valence-electron chi connectivity index (χ4n) is 3.62. The van der Waals surface area contributed by atoms with Crippen LogP contribution in [0.15, 0.2) is 60.9 Å². The summed E-state index contributed by atoms with van der Waals surface area (Å²) in [5.74, 6) is 5.74. The van der Waals surface area contributed by atoms with Crippen molar-refractivity contribution >= 4 is 37.3 Å². The van der Waals surface area contributed by atoms with Gasteiger partial charge in [0.05, 0.1) is 23.2 Å². The highest BCUT2D eigenvalue weighted by molar-refractivity contribution is 7.88. The van der Waals surface area contributed by atoms with Crippen molar-refractivity contribution in [1.29, 1.82) is 0 Å². The Balaban J connectivity index is 1.51. The zero-order valence-corrected chi connectivity index (χ0v) is 21.8. The number of halogens is 3. The highest BCUT2D eigenvalue weighted by atomic mass is 32.2. The lowest BCUT2D eigenvalue weighted by Gasteiger charge is -2.13. The van der Waals surface area contributed by atoms with Crippen LogP contribution in [-0.2, 0) is 22.6 Å². The van der Waals surface area contributed by atoms with Crippen LogP contribution >= 0.6 is 11.3 Å². The molecule has 0 bridgehead atoms. The molecule has 12 heteroatoms. The third kappa shape index (κ3) is 7.52. The summed E-state index contributed by atoms with van der Waals surface area (Å²) < 4.78 is 63.4. The molecule has 0 radical (unpaired) electrons. The summed E-state index contributed by atoms with van der Waals surface area (Å²) in [6, 6.07) is 12.4. The maximum absolute atomic E-state index is 12.8. The van der Waals surface area contributed by atoms with E-state index in [0.717, 1.165) is 39.6 Å². The number of alkyl halides is 3. The van der Waals surface area contributed by atoms with Gasteiger partial charge in [-0.05, 0) is 53.1 Å². The first kappa shape index (κ1) is 27.5. The quantitative estimate of drug-likeness (QED) is 0.279. The van der Waals surface area contributed by atoms with E-state index in [2.05, 4.69) is 31.8 Å². The fraction of sp³-hybridized carbons (Fsp3) is 0.231. The van der Waals surface area contributed by atoms with Crippen LogP contribution in [-0.4, -0.2) is 43.8 Å². The smallest absolute Gasteiger partial charge is 0.360 e. The minimum absolute atomic E-state index is 0.0556. The molecular weight excluding hydrogens is 535 g/mol. The van der Waals surface area contributed by atoms with Crippen molar-refractivity contribution in [2.75, 3.05) is 24.7 Å². The molecule has 0 amide bonds. The van der Waals surface area contributed by atoms with Gasteiger partial charge in [-0.15, -0.1) is 0 Å². The molecule has 0 unspecified atom stereocenters. The molecule has 4 aromatic rings. The molecule has 2 aromatic heterocycles. The molecule has 0 spiro atoms. The number of sulfonamides is 1. The molecule has 2 heterocycles. The number of hydrogen-bond donors (Lipinski definition) is 3. The van der Waals surface area contributed by atoms with E-state index in [1.54, 1.807) is 12.4 Å². The molecule has 0 aliphatic heterocycles. The normalized spacial score (nSPS) is 12.7. The van der Waals surface area contributed by atoms with Crippen molar-refractivity contribution in [3.63, 3.8) is 0 Å². The average molecular weight is 560 g/mol. The van der Waals surface area contributed by atoms with Gasteiger partial charge in [0.2, 0.25) is 10.0 Å². The van der Waals surface area contributed by atoms with Gasteiger partial charge in [0.1, 0.15) is 5.69 Å². The summed E-state index contributed by atoms with van der Waals surface area (Å²) >= 11 is 1.38. The first-order chi connectivity index (χ1) is 18.0. The lowest BCUT2D eigenvalue weighted by atomic mass is 10.0. The van der Waals surface area contributed by atoms with E-state index in [0.29, 0.717) is 29.4 Å². The monoisotopic (exact) mass is 559 g/mol. The van der Waals surface area contributed by atoms with E-state index in [-0.39, 0.29) is 12.6 Å². The van der Waals surface area contributed by atoms with E-state index in [1.807, 2.05) is 24.3 Å². The van der Waals surface area contributed by atoms with Crippen LogP contribution in [0.25, 0.3) is 21.2 Å². The third-order valence-corrected chi connectivity index (χ3v) is 7.18. The van der Waals surface area contributed by atoms with Crippen LogP contribution in [0.1, 0.15) is 16.8 Å². The maximum Gasteiger partial charge on any atom is 0.416 e. The molecule has 0 aliphatic carbocycles. The number of nitrogens with zero attached hydrogens (tertiary/aromatic N) is 2. The van der Waals surface area contributed by atoms with E-state index in [4.69, 9.17) is 5.73 Å². The number of fused-ring (bicyclic) bond motifs is 1. The van der Waals surface area contributed by atoms with E-state index in [1.165, 1.54) is 23.5 Å². The fourth-order valence-corrected chi connectivity index (χ4v) is 4.88. The molecule has 4 rings (SSSR count). The number of aromatic nitrogens is 2. The summed E-state index contributed by atoms with van der Waals surface area (Å²) in [6.45, 7) is 0.278. The summed E-state index contributed by atoms with van der Waals surface area (Å²) in [7, 11) is -3.37. The zero-order chi connectivity index (χ0) is 27.3. The Hall–Kier alpha value is -3.50. The Labute approximate surface area is 222 Å². The number of pyridine rings is 1. The number of rotatable bonds is 8. The Kier molecular flexibility index (Phi) is 8.32. The number of hydrogen-bond acceptors (Lipinski definition) is 7. The molecule has 7 nitrogen and oxygen atoms in total. The number of benzene rings is 2. The number of nitrogens with two attached hydrogens (primary N) is 1. The standard InChI is InChI=1S/C26H24F3N5O2S2/c1-38(35,36)33-11-2-3-23-24(19-6-7-20-15-31-12-10-18(20)14-19)37-25(34-23)32-16-22(30)13-17-4-8-21(9-5-17)26(27,28)29/h4-10,12,14-15,22,33H,11,13,16,30H2,1H3,(H,32,34)/t22-/m1/s1. The third-order valence-electron chi connectivity index (χ3n) is 5.45. The first-order valence-corrected chi connectivity index (χ1v) is 14.1. The summed E-state index contributed by atoms with van der Waals surface area (Å²) in [5.41, 5.74) is 7.60. The van der Waals surface area contributed by atoms with Crippen molar-refractivity contribution in [2.24, 2.45) is 5.73 Å². The minimum atomic E-state index is -4.38. The SMILES string of the molecule is CS(=O)(=O)NCC#Cc1nc(NC[C@H](N)Cc2ccc(C(F)(F)F)cc2)sc1-c1ccc2cnccc2c1. The number of anilines is 1. The molecule has 198 valence electrons. The number of nitrogens with one attached hydrogen (secondary N) is 2. The lowest BCUT2D eigenvalue weighted by molar-refractivity contribution is -0.137. The van der Waals surface area contributed by atoms with Gasteiger partial charge < -0.3 is 11.1 Å². The van der Waals surface area contributed by atoms with Gasteiger partial charge in [0.25, 0.3) is 0 Å². The summed E-state index contributed by atoms with van der Waals surface area (Å²) in [5, 5.41) is 5.74. The van der Waals surface area contributed by atoms with Crippen LogP contribution in [0.4, 0.5) is 18.3 Å². The molecule has 0 aliphatic rings. The maximum atomic E-state index is 12.8. The largest absolute Gasteiger partial charge is 0.416 e. The first-order valence-electron chi connectivity index (χ1n) is 11.4. The van der Waals surface area contributed by atoms with Crippen LogP contribution in [0.3, 0.4) is 0 Å². The molecule has 0 saturated heterocycles. The van der Waals surface area contributed by atoms with Gasteiger partial charge in [-0.1, -0.05) is 41.5 Å². The van der Waals surface area contributed by atoms with Gasteiger partial charge in [0, 0.05) is 30.4 Å². The van der Waals surface area contributed by atoms with Crippen LogP contribution in [0.2, 0.25) is 0 Å². The van der Waals surface area contributed by atoms with Crippen LogP contribution in [0.5, 0.6) is 0 Å². The van der Waals surface area contributed by atoms with E-state index >= 15 is 0 Å². The van der Waals surface area contributed by atoms with Crippen molar-refractivity contribution in [2.45, 2.75) is 18.6 Å². The van der Waals surface area contributed by atoms with Crippen molar-refractivity contribution in [3.8, 4) is 22.3 Å². The highest BCUT2D eigenvalue weighted by Gasteiger charge is 2.30. The average Bonchev–Trinajstić information content (AvgIpc) is 3.27. The van der Waals surface area contributed by atoms with Gasteiger partial charge in [0.15, 0.2) is 5.13 Å². The lowest BCUT2D eigenvalue weighted by Crippen LogP contribution is -2.31. The predicted molar refractivity (Wildman–Crippen MR) is 144 cm³/mol. The Morgan fingerprint density at radius 2 is 1.87 bits per heavy atom. The van der Waals surface area contributed by atoms with Crippen LogP contribution in [0, 0.1) is 11.8 Å². The second-order valence-electron chi connectivity index (χ2n) is 8.57. The van der Waals surface area contributed by atoms with Crippen molar-refractivity contribution in [1.82, 2.24) is 14.7 Å². The van der Waals surface area contributed by atoms with E-state index in [9.17, 15) is 21.6 Å². The Morgan fingerprint density at radius 1 is 1.11 bits per heavy atom. The molecule has 4 N–H and O–H groups in total. The number of thiazole rings is 1. The second-order valence-corrected chi connectivity index (χ2v) is 11.4. The summed E-state index contributed by atoms with van der Waals surface area (Å²) in [4.78, 5) is 9.51. The molecule has 2 aromatic carbocycles. The topological polar surface area (TPSA) is 110 Å². The predicted octanol–water partition coefficient (Wildman–Crippen LogP) is 4.26. The molecule has 38 heavy (non-hydrogen) atoms. The minimum Gasteiger partial charge on any atom is -0.360 e. The van der Waals surface area contributed by atoms with Gasteiger partial charge >= 0.3 is 6.18 Å². The molecule has 1 atom stereocenters. The van der Waals surface area contributed by atoms with Crippen molar-refractivity contribution < 1.29 is 21.6 Å². The van der Waals surface area contributed by atoms with Gasteiger partial charge in [-0.25, -0.2) is 18.1 Å². The molecular formula is C26H24F3N5O2S2. The zero-order valence-electron chi connectivity index (χ0n) is 20.2. The second kappa shape index (κ2) is 11.5.